The molecule has 0 saturated heterocycles. The third-order valence-corrected chi connectivity index (χ3v) is 1.81. The summed E-state index contributed by atoms with van der Waals surface area (Å²) in [5.74, 6) is 0.731. The van der Waals surface area contributed by atoms with Gasteiger partial charge >= 0.3 is 0 Å². The van der Waals surface area contributed by atoms with Crippen LogP contribution in [0.5, 0.6) is 0 Å². The van der Waals surface area contributed by atoms with E-state index in [2.05, 4.69) is 0 Å². The van der Waals surface area contributed by atoms with E-state index in [1.807, 2.05) is 0 Å². The van der Waals surface area contributed by atoms with Gasteiger partial charge in [0.1, 0.15) is 0 Å². The van der Waals surface area contributed by atoms with Gasteiger partial charge < -0.3 is 10.8 Å². The summed E-state index contributed by atoms with van der Waals surface area (Å²) in [7, 11) is 0. The van der Waals surface area contributed by atoms with Crippen LogP contribution in [0.4, 0.5) is 0 Å². The van der Waals surface area contributed by atoms with Crippen LogP contribution in [0.25, 0.3) is 0 Å². The van der Waals surface area contributed by atoms with E-state index < -0.39 is 0 Å². The first-order valence-corrected chi connectivity index (χ1v) is 3.19. The number of hydrogen-bond acceptors (Lipinski definition) is 2. The van der Waals surface area contributed by atoms with Crippen molar-refractivity contribution in [3.05, 3.63) is 0 Å². The quantitative estimate of drug-likeness (QED) is 0.536. The number of aliphatic hydroxyl groups excluding tert-OH is 1. The molecule has 3 N–H and O–H groups in total. The first kappa shape index (κ1) is 6.05. The maximum atomic E-state index is 8.45. The van der Waals surface area contributed by atoms with E-state index in [0.29, 0.717) is 12.6 Å². The zero-order chi connectivity index (χ0) is 5.98. The van der Waals surface area contributed by atoms with Gasteiger partial charge in [0.15, 0.2) is 0 Å². The molecule has 1 aliphatic rings. The van der Waals surface area contributed by atoms with E-state index >= 15 is 0 Å². The Bertz CT molecular complexity index is 66.2. The van der Waals surface area contributed by atoms with Crippen LogP contribution in [0.15, 0.2) is 0 Å². The van der Waals surface area contributed by atoms with Crippen LogP contribution in [0, 0.1) is 5.92 Å². The lowest BCUT2D eigenvalue weighted by Gasteiger charge is -2.31. The Kier molecular flexibility index (Phi) is 1.86. The van der Waals surface area contributed by atoms with Crippen molar-refractivity contribution in [1.82, 2.24) is 0 Å². The molecule has 0 aromatic carbocycles. The molecule has 0 radical (unpaired) electrons. The fourth-order valence-electron chi connectivity index (χ4n) is 1.21. The van der Waals surface area contributed by atoms with Crippen molar-refractivity contribution >= 4 is 0 Å². The molecule has 1 aliphatic carbocycles. The van der Waals surface area contributed by atoms with Crippen molar-refractivity contribution in [2.45, 2.75) is 25.3 Å². The maximum absolute atomic E-state index is 8.45. The van der Waals surface area contributed by atoms with E-state index in [-0.39, 0.29) is 0 Å². The maximum Gasteiger partial charge on any atom is 0.0433 e. The average Bonchev–Trinajstić information content (AvgIpc) is 1.64. The Morgan fingerprint density at radius 3 is 2.50 bits per heavy atom. The minimum Gasteiger partial charge on any atom is -0.396 e. The Morgan fingerprint density at radius 1 is 1.50 bits per heavy atom. The van der Waals surface area contributed by atoms with Gasteiger partial charge in [0, 0.05) is 12.6 Å². The topological polar surface area (TPSA) is 46.2 Å². The van der Waals surface area contributed by atoms with Gasteiger partial charge in [0.05, 0.1) is 0 Å². The Hall–Kier alpha value is -0.0800. The normalized spacial score (nSPS) is 36.8. The van der Waals surface area contributed by atoms with Crippen LogP contribution in [-0.4, -0.2) is 17.8 Å². The van der Waals surface area contributed by atoms with E-state index in [4.69, 9.17) is 10.8 Å². The van der Waals surface area contributed by atoms with Gasteiger partial charge in [0.2, 0.25) is 0 Å². The van der Waals surface area contributed by atoms with Crippen molar-refractivity contribution in [3.8, 4) is 0 Å². The molecule has 8 heavy (non-hydrogen) atoms. The molecule has 48 valence electrons. The number of aliphatic hydroxyl groups is 1. The highest BCUT2D eigenvalue weighted by Crippen LogP contribution is 2.27. The van der Waals surface area contributed by atoms with Crippen molar-refractivity contribution in [2.24, 2.45) is 11.7 Å². The highest BCUT2D eigenvalue weighted by molar-refractivity contribution is 4.81. The summed E-state index contributed by atoms with van der Waals surface area (Å²) in [5, 5.41) is 8.45. The summed E-state index contributed by atoms with van der Waals surface area (Å²) in [5.41, 5.74) is 5.52. The van der Waals surface area contributed by atoms with Crippen LogP contribution >= 0.6 is 0 Å². The summed E-state index contributed by atoms with van der Waals surface area (Å²) < 4.78 is 0. The van der Waals surface area contributed by atoms with Crippen molar-refractivity contribution in [2.75, 3.05) is 6.61 Å². The molecule has 0 spiro atoms. The number of rotatable bonds is 2. The summed E-state index contributed by atoms with van der Waals surface area (Å²) in [6.45, 7) is 0.331. The number of hydrogen-bond donors (Lipinski definition) is 2. The lowest BCUT2D eigenvalue weighted by molar-refractivity contribution is 0.188. The third-order valence-electron chi connectivity index (χ3n) is 1.81. The molecule has 1 rings (SSSR count). The van der Waals surface area contributed by atoms with Crippen LogP contribution in [0.3, 0.4) is 0 Å². The molecule has 2 nitrogen and oxygen atoms in total. The molecule has 0 aliphatic heterocycles. The Labute approximate surface area is 49.7 Å². The fourth-order valence-corrected chi connectivity index (χ4v) is 1.21. The van der Waals surface area contributed by atoms with Crippen LogP contribution in [0.1, 0.15) is 19.3 Å². The van der Waals surface area contributed by atoms with Gasteiger partial charge in [-0.05, 0) is 25.2 Å². The van der Waals surface area contributed by atoms with Gasteiger partial charge in [0.25, 0.3) is 0 Å². The van der Waals surface area contributed by atoms with Gasteiger partial charge in [-0.25, -0.2) is 0 Å². The third kappa shape index (κ3) is 1.20. The molecule has 0 atom stereocenters. The van der Waals surface area contributed by atoms with Crippen LogP contribution in [0.2, 0.25) is 0 Å². The Balaban J connectivity index is 1.98. The van der Waals surface area contributed by atoms with E-state index in [0.717, 1.165) is 25.2 Å². The van der Waals surface area contributed by atoms with E-state index in [1.54, 1.807) is 0 Å². The molecule has 0 aromatic heterocycles. The first-order chi connectivity index (χ1) is 3.83. The summed E-state index contributed by atoms with van der Waals surface area (Å²) in [6, 6.07) is 0.437. The molecule has 0 aromatic rings. The highest BCUT2D eigenvalue weighted by Gasteiger charge is 2.24. The molecule has 2 heteroatoms. The molecule has 1 fully saturated rings. The SMILES string of the molecule is N[C@H]1C[C@@H](CCO)C1. The molecular weight excluding hydrogens is 102 g/mol. The second-order valence-electron chi connectivity index (χ2n) is 2.61. The standard InChI is InChI=1S/C6H13NO/c7-6-3-5(4-6)1-2-8/h5-6,8H,1-4,7H2/t5-,6+. The lowest BCUT2D eigenvalue weighted by atomic mass is 9.79. The second kappa shape index (κ2) is 2.46. The average molecular weight is 115 g/mol. The van der Waals surface area contributed by atoms with Gasteiger partial charge in [-0.3, -0.25) is 0 Å². The zero-order valence-corrected chi connectivity index (χ0v) is 5.01. The van der Waals surface area contributed by atoms with E-state index in [9.17, 15) is 0 Å². The summed E-state index contributed by atoms with van der Waals surface area (Å²) >= 11 is 0. The van der Waals surface area contributed by atoms with Crippen LogP contribution < -0.4 is 5.73 Å². The Morgan fingerprint density at radius 2 is 2.12 bits per heavy atom. The van der Waals surface area contributed by atoms with Crippen molar-refractivity contribution in [3.63, 3.8) is 0 Å². The predicted molar refractivity (Wildman–Crippen MR) is 32.4 cm³/mol. The summed E-state index contributed by atoms with van der Waals surface area (Å²) in [6.07, 6.45) is 3.20. The molecule has 0 unspecified atom stereocenters. The first-order valence-electron chi connectivity index (χ1n) is 3.19. The summed E-state index contributed by atoms with van der Waals surface area (Å²) in [4.78, 5) is 0. The van der Waals surface area contributed by atoms with E-state index in [1.165, 1.54) is 0 Å². The van der Waals surface area contributed by atoms with Crippen LogP contribution in [-0.2, 0) is 0 Å². The highest BCUT2D eigenvalue weighted by atomic mass is 16.3. The molecule has 0 bridgehead atoms. The monoisotopic (exact) mass is 115 g/mol. The number of nitrogens with two attached hydrogens (primary N) is 1. The smallest absolute Gasteiger partial charge is 0.0433 e. The second-order valence-corrected chi connectivity index (χ2v) is 2.61. The predicted octanol–water partition coefficient (Wildman–Crippen LogP) is 0.106. The van der Waals surface area contributed by atoms with Gasteiger partial charge in [-0.1, -0.05) is 0 Å². The molecule has 1 saturated carbocycles. The fraction of sp³-hybridized carbons (Fsp3) is 1.00. The van der Waals surface area contributed by atoms with Gasteiger partial charge in [-0.15, -0.1) is 0 Å². The lowest BCUT2D eigenvalue weighted by Crippen LogP contribution is -2.36. The molecule has 0 amide bonds. The van der Waals surface area contributed by atoms with Crippen molar-refractivity contribution in [1.29, 1.82) is 0 Å². The van der Waals surface area contributed by atoms with Crippen molar-refractivity contribution < 1.29 is 5.11 Å². The minimum atomic E-state index is 0.331. The zero-order valence-electron chi connectivity index (χ0n) is 5.01. The minimum absolute atomic E-state index is 0.331. The molecule has 0 heterocycles. The van der Waals surface area contributed by atoms with Gasteiger partial charge in [-0.2, -0.15) is 0 Å². The molecular formula is C6H13NO. The largest absolute Gasteiger partial charge is 0.396 e.